The van der Waals surface area contributed by atoms with Crippen molar-refractivity contribution >= 4 is 0 Å². The molecule has 120 valence electrons. The fourth-order valence-corrected chi connectivity index (χ4v) is 2.32. The minimum absolute atomic E-state index is 0.0531. The summed E-state index contributed by atoms with van der Waals surface area (Å²) < 4.78 is 42.9. The Kier molecular flexibility index (Phi) is 7.18. The van der Waals surface area contributed by atoms with Gasteiger partial charge in [-0.25, -0.2) is 0 Å². The first-order valence-corrected chi connectivity index (χ1v) is 7.28. The summed E-state index contributed by atoms with van der Waals surface area (Å²) in [4.78, 5) is 0. The molecule has 0 amide bonds. The van der Waals surface area contributed by atoms with Crippen molar-refractivity contribution in [2.75, 3.05) is 20.3 Å². The molecule has 2 unspecified atom stereocenters. The second-order valence-corrected chi connectivity index (χ2v) is 5.42. The molecule has 1 aromatic carbocycles. The van der Waals surface area contributed by atoms with Gasteiger partial charge in [-0.1, -0.05) is 26.0 Å². The SMILES string of the molecule is CCCNC(CC(C)COC)c1ccc(C(F)(F)F)cc1. The van der Waals surface area contributed by atoms with Gasteiger partial charge in [0.2, 0.25) is 0 Å². The van der Waals surface area contributed by atoms with Crippen molar-refractivity contribution in [1.29, 1.82) is 0 Å². The third kappa shape index (κ3) is 6.06. The molecular formula is C16H24F3NO. The van der Waals surface area contributed by atoms with Crippen LogP contribution in [0.1, 0.15) is 43.9 Å². The minimum Gasteiger partial charge on any atom is -0.384 e. The van der Waals surface area contributed by atoms with E-state index in [0.717, 1.165) is 37.1 Å². The van der Waals surface area contributed by atoms with E-state index in [0.29, 0.717) is 12.5 Å². The Morgan fingerprint density at radius 3 is 2.29 bits per heavy atom. The highest BCUT2D eigenvalue weighted by Crippen LogP contribution is 2.30. The molecule has 0 aliphatic carbocycles. The van der Waals surface area contributed by atoms with E-state index >= 15 is 0 Å². The Balaban J connectivity index is 2.82. The summed E-state index contributed by atoms with van der Waals surface area (Å²) in [6.07, 6.45) is -2.47. The third-order valence-corrected chi connectivity index (χ3v) is 3.37. The number of nitrogens with one attached hydrogen (secondary N) is 1. The lowest BCUT2D eigenvalue weighted by atomic mass is 9.95. The van der Waals surface area contributed by atoms with Crippen molar-refractivity contribution in [1.82, 2.24) is 5.32 Å². The zero-order chi connectivity index (χ0) is 15.9. The van der Waals surface area contributed by atoms with Gasteiger partial charge in [0.1, 0.15) is 0 Å². The maximum absolute atomic E-state index is 12.6. The highest BCUT2D eigenvalue weighted by molar-refractivity contribution is 5.26. The number of halogens is 3. The largest absolute Gasteiger partial charge is 0.416 e. The molecule has 1 rings (SSSR count). The lowest BCUT2D eigenvalue weighted by molar-refractivity contribution is -0.137. The highest BCUT2D eigenvalue weighted by atomic mass is 19.4. The molecule has 5 heteroatoms. The molecule has 0 saturated carbocycles. The van der Waals surface area contributed by atoms with Crippen LogP contribution in [-0.4, -0.2) is 20.3 Å². The Bertz CT molecular complexity index is 403. The fourth-order valence-electron chi connectivity index (χ4n) is 2.32. The Morgan fingerprint density at radius 2 is 1.81 bits per heavy atom. The molecule has 0 heterocycles. The van der Waals surface area contributed by atoms with Gasteiger partial charge in [0.05, 0.1) is 5.56 Å². The zero-order valence-corrected chi connectivity index (χ0v) is 12.8. The van der Waals surface area contributed by atoms with Gasteiger partial charge in [-0.15, -0.1) is 0 Å². The molecule has 1 N–H and O–H groups in total. The molecule has 0 radical (unpaired) electrons. The zero-order valence-electron chi connectivity index (χ0n) is 12.8. The van der Waals surface area contributed by atoms with Crippen molar-refractivity contribution < 1.29 is 17.9 Å². The predicted octanol–water partition coefficient (Wildman–Crippen LogP) is 4.42. The predicted molar refractivity (Wildman–Crippen MR) is 78.1 cm³/mol. The second kappa shape index (κ2) is 8.39. The Labute approximate surface area is 124 Å². The quantitative estimate of drug-likeness (QED) is 0.767. The molecular weight excluding hydrogens is 279 g/mol. The normalized spacial score (nSPS) is 15.0. The van der Waals surface area contributed by atoms with E-state index in [1.54, 1.807) is 19.2 Å². The van der Waals surface area contributed by atoms with Crippen LogP contribution in [0.15, 0.2) is 24.3 Å². The second-order valence-electron chi connectivity index (χ2n) is 5.42. The summed E-state index contributed by atoms with van der Waals surface area (Å²) in [6.45, 7) is 5.62. The van der Waals surface area contributed by atoms with Crippen LogP contribution in [0, 0.1) is 5.92 Å². The maximum Gasteiger partial charge on any atom is 0.416 e. The van der Waals surface area contributed by atoms with E-state index in [-0.39, 0.29) is 6.04 Å². The molecule has 0 saturated heterocycles. The number of alkyl halides is 3. The van der Waals surface area contributed by atoms with Gasteiger partial charge in [0, 0.05) is 19.8 Å². The van der Waals surface area contributed by atoms with E-state index in [4.69, 9.17) is 4.74 Å². The number of benzene rings is 1. The highest BCUT2D eigenvalue weighted by Gasteiger charge is 2.30. The van der Waals surface area contributed by atoms with Crippen LogP contribution in [0.25, 0.3) is 0 Å². The molecule has 0 aliphatic rings. The van der Waals surface area contributed by atoms with Gasteiger partial charge in [0.25, 0.3) is 0 Å². The molecule has 2 nitrogen and oxygen atoms in total. The molecule has 0 fully saturated rings. The summed E-state index contributed by atoms with van der Waals surface area (Å²) in [5.74, 6) is 0.339. The van der Waals surface area contributed by atoms with Gasteiger partial charge in [-0.05, 0) is 43.0 Å². The van der Waals surface area contributed by atoms with Crippen LogP contribution in [-0.2, 0) is 10.9 Å². The average Bonchev–Trinajstić information content (AvgIpc) is 2.43. The number of ether oxygens (including phenoxy) is 1. The van der Waals surface area contributed by atoms with E-state index in [1.165, 1.54) is 0 Å². The lowest BCUT2D eigenvalue weighted by Gasteiger charge is -2.23. The summed E-state index contributed by atoms with van der Waals surface area (Å²) in [6, 6.07) is 5.48. The van der Waals surface area contributed by atoms with E-state index in [9.17, 15) is 13.2 Å². The number of hydrogen-bond donors (Lipinski definition) is 1. The molecule has 0 bridgehead atoms. The molecule has 0 aromatic heterocycles. The number of methoxy groups -OCH3 is 1. The van der Waals surface area contributed by atoms with Crippen LogP contribution in [0.2, 0.25) is 0 Å². The summed E-state index contributed by atoms with van der Waals surface area (Å²) in [7, 11) is 1.66. The van der Waals surface area contributed by atoms with Crippen molar-refractivity contribution in [3.8, 4) is 0 Å². The van der Waals surface area contributed by atoms with Crippen LogP contribution >= 0.6 is 0 Å². The van der Waals surface area contributed by atoms with E-state index in [1.807, 2.05) is 0 Å². The van der Waals surface area contributed by atoms with E-state index in [2.05, 4.69) is 19.2 Å². The molecule has 1 aromatic rings. The molecule has 0 spiro atoms. The maximum atomic E-state index is 12.6. The Hall–Kier alpha value is -1.07. The molecule has 2 atom stereocenters. The van der Waals surface area contributed by atoms with Gasteiger partial charge in [0.15, 0.2) is 0 Å². The molecule has 21 heavy (non-hydrogen) atoms. The monoisotopic (exact) mass is 303 g/mol. The smallest absolute Gasteiger partial charge is 0.384 e. The third-order valence-electron chi connectivity index (χ3n) is 3.37. The fraction of sp³-hybridized carbons (Fsp3) is 0.625. The van der Waals surface area contributed by atoms with Gasteiger partial charge >= 0.3 is 6.18 Å². The standard InChI is InChI=1S/C16H24F3NO/c1-4-9-20-15(10-12(2)11-21-3)13-5-7-14(8-6-13)16(17,18)19/h5-8,12,15,20H,4,9-11H2,1-3H3. The summed E-state index contributed by atoms with van der Waals surface area (Å²) in [5, 5.41) is 3.40. The minimum atomic E-state index is -4.28. The average molecular weight is 303 g/mol. The van der Waals surface area contributed by atoms with Gasteiger partial charge in [-0.2, -0.15) is 13.2 Å². The van der Waals surface area contributed by atoms with Crippen molar-refractivity contribution in [2.24, 2.45) is 5.92 Å². The first kappa shape index (κ1) is 18.0. The van der Waals surface area contributed by atoms with Gasteiger partial charge in [-0.3, -0.25) is 0 Å². The number of rotatable bonds is 8. The van der Waals surface area contributed by atoms with Crippen LogP contribution in [0.3, 0.4) is 0 Å². The topological polar surface area (TPSA) is 21.3 Å². The first-order valence-electron chi connectivity index (χ1n) is 7.28. The van der Waals surface area contributed by atoms with Crippen molar-refractivity contribution in [2.45, 2.75) is 38.9 Å². The van der Waals surface area contributed by atoms with Crippen LogP contribution < -0.4 is 5.32 Å². The van der Waals surface area contributed by atoms with Crippen LogP contribution in [0.4, 0.5) is 13.2 Å². The summed E-state index contributed by atoms with van der Waals surface area (Å²) in [5.41, 5.74) is 0.282. The molecule has 0 aliphatic heterocycles. The van der Waals surface area contributed by atoms with E-state index < -0.39 is 11.7 Å². The van der Waals surface area contributed by atoms with Crippen molar-refractivity contribution in [3.63, 3.8) is 0 Å². The van der Waals surface area contributed by atoms with Crippen molar-refractivity contribution in [3.05, 3.63) is 35.4 Å². The Morgan fingerprint density at radius 1 is 1.19 bits per heavy atom. The lowest BCUT2D eigenvalue weighted by Crippen LogP contribution is -2.25. The summed E-state index contributed by atoms with van der Waals surface area (Å²) >= 11 is 0. The number of hydrogen-bond acceptors (Lipinski definition) is 2. The van der Waals surface area contributed by atoms with Gasteiger partial charge < -0.3 is 10.1 Å². The first-order chi connectivity index (χ1) is 9.88. The van der Waals surface area contributed by atoms with Crippen LogP contribution in [0.5, 0.6) is 0 Å².